The predicted molar refractivity (Wildman–Crippen MR) is 72.1 cm³/mol. The van der Waals surface area contributed by atoms with Crippen LogP contribution in [0.1, 0.15) is 17.1 Å². The van der Waals surface area contributed by atoms with Gasteiger partial charge in [-0.1, -0.05) is 0 Å². The van der Waals surface area contributed by atoms with E-state index in [1.807, 2.05) is 7.05 Å². The number of hydrogen-bond acceptors (Lipinski definition) is 5. The van der Waals surface area contributed by atoms with Crippen LogP contribution in [0.15, 0.2) is 5.38 Å². The van der Waals surface area contributed by atoms with Crippen molar-refractivity contribution in [2.24, 2.45) is 0 Å². The van der Waals surface area contributed by atoms with Crippen molar-refractivity contribution in [1.82, 2.24) is 15.2 Å². The Bertz CT molecular complexity index is 321. The molecule has 1 fully saturated rings. The lowest BCUT2D eigenvalue weighted by molar-refractivity contribution is 0.252. The number of hydrogen-bond donors (Lipinski definition) is 1. The SMILES string of the molecule is CNCc1nc(CN(C)C2CCSC2)cs1. The lowest BCUT2D eigenvalue weighted by Crippen LogP contribution is -2.30. The van der Waals surface area contributed by atoms with Gasteiger partial charge in [-0.3, -0.25) is 4.90 Å². The highest BCUT2D eigenvalue weighted by Crippen LogP contribution is 2.22. The second kappa shape index (κ2) is 6.00. The molecule has 1 aliphatic rings. The molecule has 16 heavy (non-hydrogen) atoms. The van der Waals surface area contributed by atoms with Gasteiger partial charge in [0, 0.05) is 30.3 Å². The van der Waals surface area contributed by atoms with Crippen LogP contribution in [0.25, 0.3) is 0 Å². The summed E-state index contributed by atoms with van der Waals surface area (Å²) in [6, 6.07) is 0.749. The normalized spacial score (nSPS) is 20.8. The highest BCUT2D eigenvalue weighted by Gasteiger charge is 2.20. The second-order valence-electron chi connectivity index (χ2n) is 4.20. The van der Waals surface area contributed by atoms with E-state index in [0.29, 0.717) is 0 Å². The van der Waals surface area contributed by atoms with Crippen LogP contribution in [0.2, 0.25) is 0 Å². The third kappa shape index (κ3) is 3.20. The Hall–Kier alpha value is -0.100. The Morgan fingerprint density at radius 1 is 1.62 bits per heavy atom. The third-order valence-electron chi connectivity index (χ3n) is 2.87. The molecule has 1 unspecified atom stereocenters. The second-order valence-corrected chi connectivity index (χ2v) is 6.29. The summed E-state index contributed by atoms with van der Waals surface area (Å²) in [5, 5.41) is 6.51. The number of thioether (sulfide) groups is 1. The fraction of sp³-hybridized carbons (Fsp3) is 0.727. The molecule has 0 bridgehead atoms. The minimum absolute atomic E-state index is 0.749. The van der Waals surface area contributed by atoms with Crippen molar-refractivity contribution in [3.8, 4) is 0 Å². The Morgan fingerprint density at radius 3 is 3.19 bits per heavy atom. The molecule has 3 nitrogen and oxygen atoms in total. The fourth-order valence-corrected chi connectivity index (χ4v) is 4.00. The molecular weight excluding hydrogens is 238 g/mol. The quantitative estimate of drug-likeness (QED) is 0.870. The van der Waals surface area contributed by atoms with Crippen molar-refractivity contribution in [3.05, 3.63) is 16.1 Å². The minimum Gasteiger partial charge on any atom is -0.314 e. The fourth-order valence-electron chi connectivity index (χ4n) is 1.91. The number of nitrogens with one attached hydrogen (secondary N) is 1. The van der Waals surface area contributed by atoms with Crippen molar-refractivity contribution in [1.29, 1.82) is 0 Å². The molecule has 1 aliphatic heterocycles. The van der Waals surface area contributed by atoms with Crippen molar-refractivity contribution in [2.45, 2.75) is 25.6 Å². The first-order chi connectivity index (χ1) is 7.79. The molecule has 2 rings (SSSR count). The van der Waals surface area contributed by atoms with E-state index >= 15 is 0 Å². The largest absolute Gasteiger partial charge is 0.314 e. The topological polar surface area (TPSA) is 28.2 Å². The summed E-state index contributed by atoms with van der Waals surface area (Å²) in [5.41, 5.74) is 1.22. The van der Waals surface area contributed by atoms with Crippen LogP contribution in [0, 0.1) is 0 Å². The zero-order valence-electron chi connectivity index (χ0n) is 9.90. The van der Waals surface area contributed by atoms with Crippen molar-refractivity contribution in [3.63, 3.8) is 0 Å². The molecule has 1 atom stereocenters. The summed E-state index contributed by atoms with van der Waals surface area (Å²) in [4.78, 5) is 7.06. The van der Waals surface area contributed by atoms with E-state index in [-0.39, 0.29) is 0 Å². The standard InChI is InChI=1S/C11H19N3S2/c1-12-5-11-13-9(7-16-11)6-14(2)10-3-4-15-8-10/h7,10,12H,3-6,8H2,1-2H3. The maximum Gasteiger partial charge on any atom is 0.107 e. The molecule has 0 saturated carbocycles. The average Bonchev–Trinajstić information content (AvgIpc) is 2.89. The van der Waals surface area contributed by atoms with Crippen LogP contribution in [0.5, 0.6) is 0 Å². The predicted octanol–water partition coefficient (Wildman–Crippen LogP) is 1.80. The molecule has 90 valence electrons. The van der Waals surface area contributed by atoms with Gasteiger partial charge in [0.25, 0.3) is 0 Å². The highest BCUT2D eigenvalue weighted by molar-refractivity contribution is 7.99. The van der Waals surface area contributed by atoms with Gasteiger partial charge in [-0.05, 0) is 26.3 Å². The first kappa shape index (κ1) is 12.4. The molecule has 0 amide bonds. The number of thiazole rings is 1. The van der Waals surface area contributed by atoms with Crippen LogP contribution in [0.3, 0.4) is 0 Å². The number of aromatic nitrogens is 1. The van der Waals surface area contributed by atoms with Crippen LogP contribution in [-0.2, 0) is 13.1 Å². The Kier molecular flexibility index (Phi) is 4.64. The van der Waals surface area contributed by atoms with Gasteiger partial charge in [-0.15, -0.1) is 11.3 Å². The molecule has 1 aromatic rings. The summed E-state index contributed by atoms with van der Waals surface area (Å²) in [5.74, 6) is 2.60. The maximum absolute atomic E-state index is 4.62. The van der Waals surface area contributed by atoms with Gasteiger partial charge < -0.3 is 5.32 Å². The highest BCUT2D eigenvalue weighted by atomic mass is 32.2. The van der Waals surface area contributed by atoms with E-state index in [2.05, 4.69) is 39.4 Å². The van der Waals surface area contributed by atoms with Crippen molar-refractivity contribution < 1.29 is 0 Å². The average molecular weight is 257 g/mol. The molecule has 2 heterocycles. The van der Waals surface area contributed by atoms with Crippen LogP contribution in [-0.4, -0.2) is 41.5 Å². The molecular formula is C11H19N3S2. The smallest absolute Gasteiger partial charge is 0.107 e. The summed E-state index contributed by atoms with van der Waals surface area (Å²) in [7, 11) is 4.18. The first-order valence-electron chi connectivity index (χ1n) is 5.65. The van der Waals surface area contributed by atoms with E-state index in [1.165, 1.54) is 28.6 Å². The zero-order chi connectivity index (χ0) is 11.4. The number of rotatable bonds is 5. The summed E-state index contributed by atoms with van der Waals surface area (Å²) < 4.78 is 0. The van der Waals surface area contributed by atoms with Crippen molar-refractivity contribution >= 4 is 23.1 Å². The molecule has 1 N–H and O–H groups in total. The van der Waals surface area contributed by atoms with E-state index in [4.69, 9.17) is 0 Å². The van der Waals surface area contributed by atoms with Gasteiger partial charge in [-0.25, -0.2) is 4.98 Å². The lowest BCUT2D eigenvalue weighted by Gasteiger charge is -2.22. The van der Waals surface area contributed by atoms with Crippen LogP contribution < -0.4 is 5.32 Å². The van der Waals surface area contributed by atoms with E-state index in [0.717, 1.165) is 19.1 Å². The molecule has 0 spiro atoms. The monoisotopic (exact) mass is 257 g/mol. The Morgan fingerprint density at radius 2 is 2.50 bits per heavy atom. The first-order valence-corrected chi connectivity index (χ1v) is 7.69. The van der Waals surface area contributed by atoms with E-state index < -0.39 is 0 Å². The lowest BCUT2D eigenvalue weighted by atomic mass is 10.2. The minimum atomic E-state index is 0.749. The Balaban J connectivity index is 1.87. The Labute approximate surface area is 106 Å². The van der Waals surface area contributed by atoms with E-state index in [9.17, 15) is 0 Å². The van der Waals surface area contributed by atoms with Gasteiger partial charge >= 0.3 is 0 Å². The van der Waals surface area contributed by atoms with Crippen molar-refractivity contribution in [2.75, 3.05) is 25.6 Å². The summed E-state index contributed by atoms with van der Waals surface area (Å²) in [6.45, 7) is 1.87. The summed E-state index contributed by atoms with van der Waals surface area (Å²) in [6.07, 6.45) is 1.33. The van der Waals surface area contributed by atoms with Crippen LogP contribution >= 0.6 is 23.1 Å². The van der Waals surface area contributed by atoms with Gasteiger partial charge in [0.15, 0.2) is 0 Å². The van der Waals surface area contributed by atoms with Gasteiger partial charge in [-0.2, -0.15) is 11.8 Å². The van der Waals surface area contributed by atoms with Gasteiger partial charge in [0.1, 0.15) is 5.01 Å². The van der Waals surface area contributed by atoms with Gasteiger partial charge in [0.2, 0.25) is 0 Å². The molecule has 0 radical (unpaired) electrons. The molecule has 1 aromatic heterocycles. The van der Waals surface area contributed by atoms with Gasteiger partial charge in [0.05, 0.1) is 5.69 Å². The number of nitrogens with zero attached hydrogens (tertiary/aromatic N) is 2. The molecule has 1 saturated heterocycles. The van der Waals surface area contributed by atoms with Crippen LogP contribution in [0.4, 0.5) is 0 Å². The molecule has 0 aliphatic carbocycles. The van der Waals surface area contributed by atoms with E-state index in [1.54, 1.807) is 11.3 Å². The zero-order valence-corrected chi connectivity index (χ0v) is 11.5. The maximum atomic E-state index is 4.62. The molecule has 0 aromatic carbocycles. The summed E-state index contributed by atoms with van der Waals surface area (Å²) >= 11 is 3.82. The molecule has 5 heteroatoms. The third-order valence-corrected chi connectivity index (χ3v) is 4.91.